The predicted octanol–water partition coefficient (Wildman–Crippen LogP) is 3.46. The minimum Gasteiger partial charge on any atom is -0.494 e. The zero-order valence-electron chi connectivity index (χ0n) is 14.0. The number of nitrogens with one attached hydrogen (secondary N) is 1. The lowest BCUT2D eigenvalue weighted by Gasteiger charge is -2.16. The van der Waals surface area contributed by atoms with E-state index in [1.807, 2.05) is 43.1 Å². The molecule has 1 amide bonds. The molecule has 1 N–H and O–H groups in total. The molecule has 0 fully saturated rings. The highest BCUT2D eigenvalue weighted by atomic mass is 16.5. The number of amides is 1. The summed E-state index contributed by atoms with van der Waals surface area (Å²) in [4.78, 5) is 14.1. The SMILES string of the molecule is CCOc1ccc(NC(=O)CN(C)Cc2ccc(C)cc2)cc1. The van der Waals surface area contributed by atoms with Gasteiger partial charge in [-0.3, -0.25) is 9.69 Å². The quantitative estimate of drug-likeness (QED) is 0.851. The van der Waals surface area contributed by atoms with Gasteiger partial charge in [-0.05, 0) is 50.7 Å². The summed E-state index contributed by atoms with van der Waals surface area (Å²) in [6.45, 7) is 5.74. The van der Waals surface area contributed by atoms with Crippen LogP contribution in [-0.4, -0.2) is 31.0 Å². The first kappa shape index (κ1) is 17.0. The number of rotatable bonds is 7. The standard InChI is InChI=1S/C19H24N2O2/c1-4-23-18-11-9-17(10-12-18)20-19(22)14-21(3)13-16-7-5-15(2)6-8-16/h5-12H,4,13-14H2,1-3H3,(H,20,22). The van der Waals surface area contributed by atoms with Crippen LogP contribution in [0.4, 0.5) is 5.69 Å². The first-order valence-corrected chi connectivity index (χ1v) is 7.83. The maximum Gasteiger partial charge on any atom is 0.238 e. The predicted molar refractivity (Wildman–Crippen MR) is 93.8 cm³/mol. The van der Waals surface area contributed by atoms with Gasteiger partial charge in [0, 0.05) is 12.2 Å². The maximum atomic E-state index is 12.1. The van der Waals surface area contributed by atoms with Gasteiger partial charge in [0.2, 0.25) is 5.91 Å². The van der Waals surface area contributed by atoms with Gasteiger partial charge in [-0.15, -0.1) is 0 Å². The van der Waals surface area contributed by atoms with Crippen LogP contribution in [0.5, 0.6) is 5.75 Å². The molecule has 0 aliphatic heterocycles. The van der Waals surface area contributed by atoms with E-state index in [0.717, 1.165) is 18.0 Å². The summed E-state index contributed by atoms with van der Waals surface area (Å²) in [5, 5.41) is 2.90. The normalized spacial score (nSPS) is 10.6. The molecule has 0 aromatic heterocycles. The zero-order valence-corrected chi connectivity index (χ0v) is 14.0. The van der Waals surface area contributed by atoms with Crippen molar-refractivity contribution in [1.29, 1.82) is 0 Å². The third kappa shape index (κ3) is 5.75. The van der Waals surface area contributed by atoms with Crippen LogP contribution < -0.4 is 10.1 Å². The van der Waals surface area contributed by atoms with Gasteiger partial charge >= 0.3 is 0 Å². The second-order valence-electron chi connectivity index (χ2n) is 5.66. The van der Waals surface area contributed by atoms with Crippen LogP contribution in [0.25, 0.3) is 0 Å². The van der Waals surface area contributed by atoms with Gasteiger partial charge in [-0.25, -0.2) is 0 Å². The number of likely N-dealkylation sites (N-methyl/N-ethyl adjacent to an activating group) is 1. The number of carbonyl (C=O) groups excluding carboxylic acids is 1. The Morgan fingerprint density at radius 1 is 1.09 bits per heavy atom. The average Bonchev–Trinajstić information content (AvgIpc) is 2.51. The number of hydrogen-bond donors (Lipinski definition) is 1. The molecule has 0 spiro atoms. The topological polar surface area (TPSA) is 41.6 Å². The second kappa shape index (κ2) is 8.34. The molecule has 0 atom stereocenters. The second-order valence-corrected chi connectivity index (χ2v) is 5.66. The Morgan fingerprint density at radius 2 is 1.74 bits per heavy atom. The molecule has 122 valence electrons. The Kier molecular flexibility index (Phi) is 6.18. The van der Waals surface area contributed by atoms with Crippen LogP contribution in [0.2, 0.25) is 0 Å². The van der Waals surface area contributed by atoms with Crippen molar-refractivity contribution in [2.45, 2.75) is 20.4 Å². The molecule has 4 nitrogen and oxygen atoms in total. The molecule has 2 aromatic carbocycles. The molecule has 0 saturated carbocycles. The molecule has 0 aliphatic carbocycles. The summed E-state index contributed by atoms with van der Waals surface area (Å²) in [5.41, 5.74) is 3.22. The molecular formula is C19H24N2O2. The fourth-order valence-corrected chi connectivity index (χ4v) is 2.31. The lowest BCUT2D eigenvalue weighted by molar-refractivity contribution is -0.117. The van der Waals surface area contributed by atoms with E-state index in [4.69, 9.17) is 4.74 Å². The molecule has 0 heterocycles. The monoisotopic (exact) mass is 312 g/mol. The molecule has 0 saturated heterocycles. The summed E-state index contributed by atoms with van der Waals surface area (Å²) in [6.07, 6.45) is 0. The third-order valence-corrected chi connectivity index (χ3v) is 3.44. The maximum absolute atomic E-state index is 12.1. The van der Waals surface area contributed by atoms with Crippen molar-refractivity contribution in [1.82, 2.24) is 4.90 Å². The van der Waals surface area contributed by atoms with Crippen LogP contribution in [0.3, 0.4) is 0 Å². The highest BCUT2D eigenvalue weighted by molar-refractivity contribution is 5.92. The average molecular weight is 312 g/mol. The van der Waals surface area contributed by atoms with E-state index in [9.17, 15) is 4.79 Å². The van der Waals surface area contributed by atoms with Gasteiger partial charge < -0.3 is 10.1 Å². The van der Waals surface area contributed by atoms with Crippen LogP contribution in [0.15, 0.2) is 48.5 Å². The Balaban J connectivity index is 1.82. The Morgan fingerprint density at radius 3 is 2.35 bits per heavy atom. The summed E-state index contributed by atoms with van der Waals surface area (Å²) in [7, 11) is 1.94. The van der Waals surface area contributed by atoms with Crippen LogP contribution in [0, 0.1) is 6.92 Å². The van der Waals surface area contributed by atoms with Crippen molar-refractivity contribution < 1.29 is 9.53 Å². The first-order valence-electron chi connectivity index (χ1n) is 7.83. The van der Waals surface area contributed by atoms with E-state index in [2.05, 4.69) is 36.5 Å². The highest BCUT2D eigenvalue weighted by Crippen LogP contribution is 2.15. The number of carbonyl (C=O) groups is 1. The molecule has 23 heavy (non-hydrogen) atoms. The summed E-state index contributed by atoms with van der Waals surface area (Å²) >= 11 is 0. The lowest BCUT2D eigenvalue weighted by atomic mass is 10.1. The number of ether oxygens (including phenoxy) is 1. The van der Waals surface area contributed by atoms with Crippen molar-refractivity contribution in [3.8, 4) is 5.75 Å². The van der Waals surface area contributed by atoms with Gasteiger partial charge in [-0.2, -0.15) is 0 Å². The molecule has 0 aliphatic rings. The van der Waals surface area contributed by atoms with Crippen molar-refractivity contribution in [2.24, 2.45) is 0 Å². The minimum atomic E-state index is -0.0243. The van der Waals surface area contributed by atoms with Gasteiger partial charge in [0.15, 0.2) is 0 Å². The van der Waals surface area contributed by atoms with Crippen molar-refractivity contribution in [3.63, 3.8) is 0 Å². The van der Waals surface area contributed by atoms with Gasteiger partial charge in [0.05, 0.1) is 13.2 Å². The van der Waals surface area contributed by atoms with Crippen molar-refractivity contribution in [3.05, 3.63) is 59.7 Å². The van der Waals surface area contributed by atoms with Gasteiger partial charge in [0.25, 0.3) is 0 Å². The highest BCUT2D eigenvalue weighted by Gasteiger charge is 2.07. The molecule has 0 radical (unpaired) electrons. The number of benzene rings is 2. The molecular weight excluding hydrogens is 288 g/mol. The molecule has 2 aromatic rings. The van der Waals surface area contributed by atoms with Crippen LogP contribution in [0.1, 0.15) is 18.1 Å². The minimum absolute atomic E-state index is 0.0243. The molecule has 4 heteroatoms. The molecule has 2 rings (SSSR count). The first-order chi connectivity index (χ1) is 11.1. The van der Waals surface area contributed by atoms with Gasteiger partial charge in [-0.1, -0.05) is 29.8 Å². The summed E-state index contributed by atoms with van der Waals surface area (Å²) < 4.78 is 5.38. The van der Waals surface area contributed by atoms with E-state index in [0.29, 0.717) is 13.2 Å². The van der Waals surface area contributed by atoms with E-state index >= 15 is 0 Å². The van der Waals surface area contributed by atoms with Crippen LogP contribution in [-0.2, 0) is 11.3 Å². The van der Waals surface area contributed by atoms with E-state index in [1.54, 1.807) is 0 Å². The fraction of sp³-hybridized carbons (Fsp3) is 0.316. The van der Waals surface area contributed by atoms with E-state index in [1.165, 1.54) is 11.1 Å². The largest absolute Gasteiger partial charge is 0.494 e. The Bertz CT molecular complexity index is 621. The number of aryl methyl sites for hydroxylation is 1. The van der Waals surface area contributed by atoms with Crippen molar-refractivity contribution in [2.75, 3.05) is 25.5 Å². The number of nitrogens with zero attached hydrogens (tertiary/aromatic N) is 1. The fourth-order valence-electron chi connectivity index (χ4n) is 2.31. The third-order valence-electron chi connectivity index (χ3n) is 3.44. The molecule has 0 bridgehead atoms. The number of hydrogen-bond acceptors (Lipinski definition) is 3. The Hall–Kier alpha value is -2.33. The summed E-state index contributed by atoms with van der Waals surface area (Å²) in [6, 6.07) is 15.8. The zero-order chi connectivity index (χ0) is 16.7. The van der Waals surface area contributed by atoms with Crippen LogP contribution >= 0.6 is 0 Å². The Labute approximate surface area is 138 Å². The molecule has 0 unspecified atom stereocenters. The number of anilines is 1. The van der Waals surface area contributed by atoms with Crippen molar-refractivity contribution >= 4 is 11.6 Å². The summed E-state index contributed by atoms with van der Waals surface area (Å²) in [5.74, 6) is 0.783. The smallest absolute Gasteiger partial charge is 0.238 e. The van der Waals surface area contributed by atoms with E-state index in [-0.39, 0.29) is 5.91 Å². The van der Waals surface area contributed by atoms with Gasteiger partial charge in [0.1, 0.15) is 5.75 Å². The lowest BCUT2D eigenvalue weighted by Crippen LogP contribution is -2.29. The van der Waals surface area contributed by atoms with E-state index < -0.39 is 0 Å².